The molecule has 1 aromatic carbocycles. The molecule has 22 heavy (non-hydrogen) atoms. The molecular weight excluding hydrogens is 281 g/mol. The van der Waals surface area contributed by atoms with Crippen LogP contribution in [0.25, 0.3) is 0 Å². The van der Waals surface area contributed by atoms with Gasteiger partial charge in [-0.25, -0.2) is 4.39 Å². The van der Waals surface area contributed by atoms with Crippen molar-refractivity contribution in [3.05, 3.63) is 35.6 Å². The molecule has 0 N–H and O–H groups in total. The molecule has 1 atom stereocenters. The van der Waals surface area contributed by atoms with E-state index in [-0.39, 0.29) is 5.82 Å². The maximum absolute atomic E-state index is 13.3. The van der Waals surface area contributed by atoms with Crippen LogP contribution >= 0.6 is 0 Å². The van der Waals surface area contributed by atoms with Crippen molar-refractivity contribution in [3.8, 4) is 0 Å². The monoisotopic (exact) mass is 307 g/mol. The van der Waals surface area contributed by atoms with E-state index in [1.807, 2.05) is 6.07 Å². The number of nitrogens with zero attached hydrogens (tertiary/aromatic N) is 1. The number of piperidine rings is 1. The lowest BCUT2D eigenvalue weighted by molar-refractivity contribution is -0.0951. The summed E-state index contributed by atoms with van der Waals surface area (Å²) < 4.78 is 24.4. The van der Waals surface area contributed by atoms with E-state index in [2.05, 4.69) is 4.90 Å². The Morgan fingerprint density at radius 1 is 1.32 bits per heavy atom. The van der Waals surface area contributed by atoms with Crippen LogP contribution in [0.2, 0.25) is 0 Å². The average Bonchev–Trinajstić information content (AvgIpc) is 2.52. The lowest BCUT2D eigenvalue weighted by atomic mass is 9.66. The third-order valence-corrected chi connectivity index (χ3v) is 5.44. The van der Waals surface area contributed by atoms with Crippen LogP contribution in [0, 0.1) is 17.2 Å². The molecule has 2 heterocycles. The van der Waals surface area contributed by atoms with Gasteiger partial charge in [0, 0.05) is 26.2 Å². The third kappa shape index (κ3) is 3.50. The summed E-state index contributed by atoms with van der Waals surface area (Å²) in [6.07, 6.45) is 3.54. The second-order valence-corrected chi connectivity index (χ2v) is 6.75. The van der Waals surface area contributed by atoms with Crippen LogP contribution < -0.4 is 0 Å². The summed E-state index contributed by atoms with van der Waals surface area (Å²) in [7, 11) is 1.78. The van der Waals surface area contributed by atoms with Crippen molar-refractivity contribution in [1.82, 2.24) is 4.90 Å². The second kappa shape index (κ2) is 7.07. The van der Waals surface area contributed by atoms with Gasteiger partial charge in [0.1, 0.15) is 5.82 Å². The van der Waals surface area contributed by atoms with Gasteiger partial charge in [-0.3, -0.25) is 4.90 Å². The summed E-state index contributed by atoms with van der Waals surface area (Å²) in [6, 6.07) is 6.96. The van der Waals surface area contributed by atoms with Crippen LogP contribution in [-0.4, -0.2) is 44.9 Å². The summed E-state index contributed by atoms with van der Waals surface area (Å²) in [5.41, 5.74) is 1.45. The van der Waals surface area contributed by atoms with Gasteiger partial charge in [-0.1, -0.05) is 12.1 Å². The maximum atomic E-state index is 13.3. The summed E-state index contributed by atoms with van der Waals surface area (Å²) in [5, 5.41) is 0. The molecule has 0 saturated carbocycles. The fraction of sp³-hybridized carbons (Fsp3) is 0.667. The molecule has 1 spiro atoms. The van der Waals surface area contributed by atoms with Gasteiger partial charge in [0.25, 0.3) is 0 Å². The van der Waals surface area contributed by atoms with Crippen molar-refractivity contribution in [2.75, 3.05) is 40.0 Å². The van der Waals surface area contributed by atoms with E-state index < -0.39 is 0 Å². The number of hydrogen-bond acceptors (Lipinski definition) is 3. The highest BCUT2D eigenvalue weighted by Crippen LogP contribution is 2.44. The number of ether oxygens (including phenoxy) is 2. The van der Waals surface area contributed by atoms with Crippen molar-refractivity contribution in [1.29, 1.82) is 0 Å². The quantitative estimate of drug-likeness (QED) is 0.853. The lowest BCUT2D eigenvalue weighted by Gasteiger charge is -2.49. The number of halogens is 1. The van der Waals surface area contributed by atoms with E-state index in [9.17, 15) is 4.39 Å². The van der Waals surface area contributed by atoms with Crippen LogP contribution in [-0.2, 0) is 16.0 Å². The molecule has 2 aliphatic rings. The summed E-state index contributed by atoms with van der Waals surface area (Å²) in [5.74, 6) is 0.373. The van der Waals surface area contributed by atoms with Gasteiger partial charge in [-0.2, -0.15) is 0 Å². The van der Waals surface area contributed by atoms with Crippen LogP contribution in [0.1, 0.15) is 24.8 Å². The molecule has 0 aliphatic carbocycles. The van der Waals surface area contributed by atoms with Gasteiger partial charge >= 0.3 is 0 Å². The Kier molecular flexibility index (Phi) is 5.11. The first-order valence-corrected chi connectivity index (χ1v) is 8.25. The second-order valence-electron chi connectivity index (χ2n) is 6.75. The molecule has 3 rings (SSSR count). The zero-order chi connectivity index (χ0) is 15.4. The molecule has 3 nitrogen and oxygen atoms in total. The van der Waals surface area contributed by atoms with Gasteiger partial charge in [-0.15, -0.1) is 0 Å². The standard InChI is InChI=1S/C18H26FNO2/c1-21-13-16-14-22-10-7-18(16)5-8-20(9-6-18)12-15-3-2-4-17(19)11-15/h2-4,11,16H,5-10,12-14H2,1H3/t16-/m0/s1. The van der Waals surface area contributed by atoms with Gasteiger partial charge < -0.3 is 9.47 Å². The number of likely N-dealkylation sites (tertiary alicyclic amines) is 1. The topological polar surface area (TPSA) is 21.7 Å². The van der Waals surface area contributed by atoms with Gasteiger partial charge in [-0.05, 0) is 55.5 Å². The molecule has 0 radical (unpaired) electrons. The molecule has 0 unspecified atom stereocenters. The van der Waals surface area contributed by atoms with Gasteiger partial charge in [0.15, 0.2) is 0 Å². The Labute approximate surface area is 132 Å². The first-order valence-electron chi connectivity index (χ1n) is 8.25. The minimum absolute atomic E-state index is 0.143. The SMILES string of the molecule is COC[C@H]1COCCC12CCN(Cc1cccc(F)c1)CC2. The molecule has 2 saturated heterocycles. The van der Waals surface area contributed by atoms with Crippen molar-refractivity contribution >= 4 is 0 Å². The molecule has 0 amide bonds. The Hall–Kier alpha value is -0.970. The van der Waals surface area contributed by atoms with Crippen molar-refractivity contribution in [2.45, 2.75) is 25.8 Å². The molecule has 2 fully saturated rings. The Morgan fingerprint density at radius 2 is 2.14 bits per heavy atom. The minimum Gasteiger partial charge on any atom is -0.384 e. The van der Waals surface area contributed by atoms with E-state index in [1.165, 1.54) is 18.9 Å². The zero-order valence-corrected chi connectivity index (χ0v) is 13.4. The molecule has 2 aliphatic heterocycles. The Balaban J connectivity index is 1.59. The van der Waals surface area contributed by atoms with Gasteiger partial charge in [0.2, 0.25) is 0 Å². The predicted molar refractivity (Wildman–Crippen MR) is 84.1 cm³/mol. The largest absolute Gasteiger partial charge is 0.384 e. The van der Waals surface area contributed by atoms with E-state index in [4.69, 9.17) is 9.47 Å². The van der Waals surface area contributed by atoms with Crippen molar-refractivity contribution in [3.63, 3.8) is 0 Å². The number of methoxy groups -OCH3 is 1. The Morgan fingerprint density at radius 3 is 2.86 bits per heavy atom. The van der Waals surface area contributed by atoms with E-state index >= 15 is 0 Å². The van der Waals surface area contributed by atoms with Crippen LogP contribution in [0.15, 0.2) is 24.3 Å². The van der Waals surface area contributed by atoms with E-state index in [0.717, 1.165) is 51.4 Å². The number of benzene rings is 1. The fourth-order valence-corrected chi connectivity index (χ4v) is 4.02. The van der Waals surface area contributed by atoms with Crippen LogP contribution in [0.5, 0.6) is 0 Å². The summed E-state index contributed by atoms with van der Waals surface area (Å²) in [6.45, 7) is 5.51. The highest BCUT2D eigenvalue weighted by molar-refractivity contribution is 5.16. The molecule has 4 heteroatoms. The van der Waals surface area contributed by atoms with E-state index in [1.54, 1.807) is 19.2 Å². The first-order chi connectivity index (χ1) is 10.7. The van der Waals surface area contributed by atoms with Gasteiger partial charge in [0.05, 0.1) is 13.2 Å². The smallest absolute Gasteiger partial charge is 0.123 e. The average molecular weight is 307 g/mol. The first kappa shape index (κ1) is 15.9. The molecular formula is C18H26FNO2. The summed E-state index contributed by atoms with van der Waals surface area (Å²) >= 11 is 0. The zero-order valence-electron chi connectivity index (χ0n) is 13.4. The molecule has 0 aromatic heterocycles. The highest BCUT2D eigenvalue weighted by Gasteiger charge is 2.43. The highest BCUT2D eigenvalue weighted by atomic mass is 19.1. The fourth-order valence-electron chi connectivity index (χ4n) is 4.02. The maximum Gasteiger partial charge on any atom is 0.123 e. The van der Waals surface area contributed by atoms with Crippen LogP contribution in [0.3, 0.4) is 0 Å². The predicted octanol–water partition coefficient (Wildman–Crippen LogP) is 3.09. The number of hydrogen-bond donors (Lipinski definition) is 0. The summed E-state index contributed by atoms with van der Waals surface area (Å²) in [4.78, 5) is 2.44. The van der Waals surface area contributed by atoms with E-state index in [0.29, 0.717) is 11.3 Å². The third-order valence-electron chi connectivity index (χ3n) is 5.44. The van der Waals surface area contributed by atoms with Crippen LogP contribution in [0.4, 0.5) is 4.39 Å². The molecule has 0 bridgehead atoms. The molecule has 1 aromatic rings. The number of rotatable bonds is 4. The molecule has 122 valence electrons. The van der Waals surface area contributed by atoms with Crippen molar-refractivity contribution < 1.29 is 13.9 Å². The lowest BCUT2D eigenvalue weighted by Crippen LogP contribution is -2.49. The minimum atomic E-state index is -0.143. The normalized spacial score (nSPS) is 25.5. The Bertz CT molecular complexity index is 484. The van der Waals surface area contributed by atoms with Crippen molar-refractivity contribution in [2.24, 2.45) is 11.3 Å².